The number of rotatable bonds is 4. The van der Waals surface area contributed by atoms with Crippen LogP contribution in [0.3, 0.4) is 0 Å². The van der Waals surface area contributed by atoms with E-state index in [1.807, 2.05) is 0 Å². The molecule has 1 saturated heterocycles. The summed E-state index contributed by atoms with van der Waals surface area (Å²) in [5.74, 6) is 0. The first-order valence-electron chi connectivity index (χ1n) is 6.81. The Hall–Kier alpha value is -1.60. The Labute approximate surface area is 115 Å². The number of imidazole rings is 1. The van der Waals surface area contributed by atoms with Crippen molar-refractivity contribution < 1.29 is 14.2 Å². The molecule has 1 fully saturated rings. The Morgan fingerprint density at radius 2 is 2.30 bits per heavy atom. The van der Waals surface area contributed by atoms with Crippen LogP contribution in [-0.4, -0.2) is 43.5 Å². The highest BCUT2D eigenvalue weighted by molar-refractivity contribution is 5.73. The number of aryl methyl sites for hydroxylation is 1. The van der Waals surface area contributed by atoms with E-state index in [1.165, 1.54) is 12.7 Å². The zero-order chi connectivity index (χ0) is 14.1. The molecule has 2 aromatic rings. The number of fused-ring (bicyclic) bond motifs is 1. The fourth-order valence-electron chi connectivity index (χ4n) is 2.57. The van der Waals surface area contributed by atoms with E-state index in [0.717, 1.165) is 18.5 Å². The Balaban J connectivity index is 1.99. The molecule has 6 nitrogen and oxygen atoms in total. The van der Waals surface area contributed by atoms with Gasteiger partial charge in [-0.2, -0.15) is 0 Å². The van der Waals surface area contributed by atoms with Crippen LogP contribution in [0.15, 0.2) is 12.7 Å². The average molecular weight is 280 g/mol. The van der Waals surface area contributed by atoms with Crippen molar-refractivity contribution in [3.05, 3.63) is 18.3 Å². The molecular formula is C13H17FN4O2. The fourth-order valence-corrected chi connectivity index (χ4v) is 2.57. The molecule has 3 atom stereocenters. The van der Waals surface area contributed by atoms with Crippen LogP contribution >= 0.6 is 0 Å². The van der Waals surface area contributed by atoms with Crippen LogP contribution in [0.1, 0.15) is 31.7 Å². The number of nitrogens with zero attached hydrogens (tertiary/aromatic N) is 4. The molecule has 0 aromatic carbocycles. The predicted molar refractivity (Wildman–Crippen MR) is 69.8 cm³/mol. The van der Waals surface area contributed by atoms with E-state index >= 15 is 0 Å². The van der Waals surface area contributed by atoms with Gasteiger partial charge in [0.15, 0.2) is 11.9 Å². The summed E-state index contributed by atoms with van der Waals surface area (Å²) in [5.41, 5.74) is 2.13. The fraction of sp³-hybridized carbons (Fsp3) is 0.615. The van der Waals surface area contributed by atoms with Gasteiger partial charge in [0, 0.05) is 6.42 Å². The summed E-state index contributed by atoms with van der Waals surface area (Å²) < 4.78 is 21.1. The number of aliphatic hydroxyl groups is 1. The second kappa shape index (κ2) is 5.41. The molecule has 0 aliphatic carbocycles. The zero-order valence-electron chi connectivity index (χ0n) is 11.2. The summed E-state index contributed by atoms with van der Waals surface area (Å²) in [6.45, 7) is 1.88. The molecule has 2 aromatic heterocycles. The van der Waals surface area contributed by atoms with Gasteiger partial charge in [0.2, 0.25) is 0 Å². The van der Waals surface area contributed by atoms with E-state index in [9.17, 15) is 4.39 Å². The smallest absolute Gasteiger partial charge is 0.168 e. The van der Waals surface area contributed by atoms with Gasteiger partial charge >= 0.3 is 0 Å². The third-order valence-electron chi connectivity index (χ3n) is 3.53. The lowest BCUT2D eigenvalue weighted by Crippen LogP contribution is -2.16. The first-order valence-corrected chi connectivity index (χ1v) is 6.81. The molecule has 1 aliphatic heterocycles. The van der Waals surface area contributed by atoms with Gasteiger partial charge in [0.25, 0.3) is 0 Å². The van der Waals surface area contributed by atoms with Crippen molar-refractivity contribution in [2.75, 3.05) is 6.61 Å². The maximum atomic E-state index is 14.0. The lowest BCUT2D eigenvalue weighted by molar-refractivity contribution is -0.0351. The topological polar surface area (TPSA) is 73.1 Å². The van der Waals surface area contributed by atoms with Crippen LogP contribution < -0.4 is 0 Å². The number of hydrogen-bond acceptors (Lipinski definition) is 5. The minimum Gasteiger partial charge on any atom is -0.394 e. The molecule has 0 radical (unpaired) electrons. The Morgan fingerprint density at radius 3 is 3.00 bits per heavy atom. The van der Waals surface area contributed by atoms with E-state index in [2.05, 4.69) is 21.9 Å². The maximum absolute atomic E-state index is 14.0. The Morgan fingerprint density at radius 1 is 1.45 bits per heavy atom. The highest BCUT2D eigenvalue weighted by Gasteiger charge is 2.37. The molecule has 0 bridgehead atoms. The Kier molecular flexibility index (Phi) is 3.62. The molecule has 0 saturated carbocycles. The van der Waals surface area contributed by atoms with Crippen LogP contribution in [0.25, 0.3) is 11.2 Å². The molecule has 1 N–H and O–H groups in total. The summed E-state index contributed by atoms with van der Waals surface area (Å²) in [5, 5.41) is 9.08. The highest BCUT2D eigenvalue weighted by atomic mass is 19.1. The third-order valence-corrected chi connectivity index (χ3v) is 3.53. The molecular weight excluding hydrogens is 263 g/mol. The highest BCUT2D eigenvalue weighted by Crippen LogP contribution is 2.33. The quantitative estimate of drug-likeness (QED) is 0.916. The minimum absolute atomic E-state index is 0.181. The molecule has 3 rings (SSSR count). The third kappa shape index (κ3) is 2.16. The first kappa shape index (κ1) is 13.4. The summed E-state index contributed by atoms with van der Waals surface area (Å²) in [7, 11) is 0. The van der Waals surface area contributed by atoms with Gasteiger partial charge in [0.05, 0.1) is 24.7 Å². The predicted octanol–water partition coefficient (Wildman–Crippen LogP) is 1.40. The van der Waals surface area contributed by atoms with Crippen LogP contribution in [0.4, 0.5) is 4.39 Å². The van der Waals surface area contributed by atoms with Crippen molar-refractivity contribution in [2.45, 2.75) is 44.7 Å². The van der Waals surface area contributed by atoms with Crippen molar-refractivity contribution in [1.29, 1.82) is 0 Å². The van der Waals surface area contributed by atoms with Crippen LogP contribution in [-0.2, 0) is 11.2 Å². The van der Waals surface area contributed by atoms with Crippen LogP contribution in [0.5, 0.6) is 0 Å². The van der Waals surface area contributed by atoms with Crippen molar-refractivity contribution in [3.63, 3.8) is 0 Å². The first-order chi connectivity index (χ1) is 9.74. The van der Waals surface area contributed by atoms with Crippen molar-refractivity contribution in [3.8, 4) is 0 Å². The zero-order valence-corrected chi connectivity index (χ0v) is 11.2. The molecule has 7 heteroatoms. The second-order valence-electron chi connectivity index (χ2n) is 4.98. The summed E-state index contributed by atoms with van der Waals surface area (Å²) >= 11 is 0. The molecule has 1 unspecified atom stereocenters. The summed E-state index contributed by atoms with van der Waals surface area (Å²) in [4.78, 5) is 12.7. The van der Waals surface area contributed by atoms with Crippen LogP contribution in [0, 0.1) is 0 Å². The van der Waals surface area contributed by atoms with Gasteiger partial charge in [-0.1, -0.05) is 13.3 Å². The monoisotopic (exact) mass is 280 g/mol. The molecule has 0 amide bonds. The van der Waals surface area contributed by atoms with Gasteiger partial charge in [-0.3, -0.25) is 4.57 Å². The number of hydrogen-bond donors (Lipinski definition) is 1. The van der Waals surface area contributed by atoms with E-state index in [-0.39, 0.29) is 13.0 Å². The lowest BCUT2D eigenvalue weighted by Gasteiger charge is -2.15. The summed E-state index contributed by atoms with van der Waals surface area (Å²) in [6, 6.07) is 0. The van der Waals surface area contributed by atoms with E-state index in [1.54, 1.807) is 4.57 Å². The van der Waals surface area contributed by atoms with E-state index < -0.39 is 18.5 Å². The van der Waals surface area contributed by atoms with Gasteiger partial charge in [-0.25, -0.2) is 19.3 Å². The Bertz CT molecular complexity index is 603. The molecule has 3 heterocycles. The molecule has 20 heavy (non-hydrogen) atoms. The number of halogens is 1. The second-order valence-corrected chi connectivity index (χ2v) is 4.98. The summed E-state index contributed by atoms with van der Waals surface area (Å²) in [6.07, 6.45) is 2.54. The average Bonchev–Trinajstić information content (AvgIpc) is 3.03. The molecule has 108 valence electrons. The minimum atomic E-state index is -1.17. The number of ether oxygens (including phenoxy) is 1. The lowest BCUT2D eigenvalue weighted by atomic mass is 10.2. The molecule has 0 spiro atoms. The standard InChI is InChI=1S/C13H17FN4O2/c1-2-3-10-11-12(16-6-15-10)18(7-17-11)13-9(14)4-8(5-19)20-13/h6-9,13,19H,2-5H2,1H3/t8-,9+,13?/m0/s1. The number of aliphatic hydroxyl groups excluding tert-OH is 1. The van der Waals surface area contributed by atoms with Crippen LogP contribution in [0.2, 0.25) is 0 Å². The van der Waals surface area contributed by atoms with Crippen molar-refractivity contribution >= 4 is 11.2 Å². The largest absolute Gasteiger partial charge is 0.394 e. The van der Waals surface area contributed by atoms with E-state index in [4.69, 9.17) is 9.84 Å². The normalized spacial score (nSPS) is 26.4. The van der Waals surface area contributed by atoms with E-state index in [0.29, 0.717) is 11.2 Å². The SMILES string of the molecule is CCCc1ncnc2c1ncn2C1O[C@H](CO)C[C@H]1F. The van der Waals surface area contributed by atoms with Crippen molar-refractivity contribution in [1.82, 2.24) is 19.5 Å². The van der Waals surface area contributed by atoms with Gasteiger partial charge in [-0.05, 0) is 6.42 Å². The van der Waals surface area contributed by atoms with Gasteiger partial charge in [0.1, 0.15) is 18.0 Å². The molecule has 1 aliphatic rings. The maximum Gasteiger partial charge on any atom is 0.168 e. The van der Waals surface area contributed by atoms with Gasteiger partial charge < -0.3 is 9.84 Å². The number of alkyl halides is 1. The van der Waals surface area contributed by atoms with Gasteiger partial charge in [-0.15, -0.1) is 0 Å². The van der Waals surface area contributed by atoms with Crippen molar-refractivity contribution in [2.24, 2.45) is 0 Å². The number of aromatic nitrogens is 4.